The van der Waals surface area contributed by atoms with E-state index in [0.29, 0.717) is 28.8 Å². The van der Waals surface area contributed by atoms with Gasteiger partial charge in [0.1, 0.15) is 5.70 Å². The number of ether oxygens (including phenoxy) is 1. The van der Waals surface area contributed by atoms with Crippen LogP contribution >= 0.6 is 11.6 Å². The number of amides is 2. The summed E-state index contributed by atoms with van der Waals surface area (Å²) in [7, 11) is 0. The van der Waals surface area contributed by atoms with Crippen LogP contribution in [0.4, 0.5) is 0 Å². The largest absolute Gasteiger partial charge is 0.377 e. The van der Waals surface area contributed by atoms with Gasteiger partial charge in [-0.15, -0.1) is 0 Å². The van der Waals surface area contributed by atoms with Crippen molar-refractivity contribution in [3.05, 3.63) is 40.5 Å². The van der Waals surface area contributed by atoms with E-state index in [4.69, 9.17) is 16.3 Å². The van der Waals surface area contributed by atoms with Gasteiger partial charge in [0.05, 0.1) is 24.8 Å². The lowest BCUT2D eigenvalue weighted by Gasteiger charge is -2.33. The molecule has 0 aromatic heterocycles. The van der Waals surface area contributed by atoms with Crippen LogP contribution in [0.5, 0.6) is 0 Å². The minimum Gasteiger partial charge on any atom is -0.377 e. The van der Waals surface area contributed by atoms with Crippen LogP contribution < -0.4 is 0 Å². The van der Waals surface area contributed by atoms with Gasteiger partial charge in [-0.1, -0.05) is 30.7 Å². The number of hydrogen-bond donors (Lipinski definition) is 0. The third-order valence-electron chi connectivity index (χ3n) is 5.02. The summed E-state index contributed by atoms with van der Waals surface area (Å²) in [6.07, 6.45) is 2.23. The Kier molecular flexibility index (Phi) is 6.22. The van der Waals surface area contributed by atoms with Crippen molar-refractivity contribution in [3.63, 3.8) is 0 Å². The fraction of sp³-hybridized carbons (Fsp3) is 0.524. The maximum atomic E-state index is 13.2. The molecule has 146 valence electrons. The third-order valence-corrected chi connectivity index (χ3v) is 5.27. The molecule has 1 aromatic rings. The Morgan fingerprint density at radius 3 is 2.52 bits per heavy atom. The molecule has 1 unspecified atom stereocenters. The van der Waals surface area contributed by atoms with Gasteiger partial charge < -0.3 is 9.64 Å². The van der Waals surface area contributed by atoms with Crippen LogP contribution in [0, 0.1) is 5.92 Å². The average molecular weight is 391 g/mol. The lowest BCUT2D eigenvalue weighted by molar-refractivity contribution is -0.138. The van der Waals surface area contributed by atoms with Gasteiger partial charge in [-0.05, 0) is 50.3 Å². The van der Waals surface area contributed by atoms with E-state index >= 15 is 0 Å². The Bertz CT molecular complexity index is 742. The van der Waals surface area contributed by atoms with Crippen molar-refractivity contribution >= 4 is 29.0 Å². The van der Waals surface area contributed by atoms with Gasteiger partial charge >= 0.3 is 0 Å². The summed E-state index contributed by atoms with van der Waals surface area (Å²) in [6, 6.07) is 7.12. The number of hydrogen-bond acceptors (Lipinski definition) is 4. The number of nitrogens with zero attached hydrogens (tertiary/aromatic N) is 2. The van der Waals surface area contributed by atoms with Gasteiger partial charge in [0.25, 0.3) is 11.8 Å². The fourth-order valence-electron chi connectivity index (χ4n) is 3.71. The van der Waals surface area contributed by atoms with E-state index in [2.05, 4.69) is 11.8 Å². The van der Waals surface area contributed by atoms with Crippen LogP contribution in [0.3, 0.4) is 0 Å². The Morgan fingerprint density at radius 1 is 1.19 bits per heavy atom. The van der Waals surface area contributed by atoms with E-state index in [-0.39, 0.29) is 24.5 Å². The number of carbonyl (C=O) groups excluding carboxylic acids is 2. The van der Waals surface area contributed by atoms with Gasteiger partial charge in [0.2, 0.25) is 0 Å². The van der Waals surface area contributed by atoms with Crippen molar-refractivity contribution in [2.24, 2.45) is 5.92 Å². The van der Waals surface area contributed by atoms with Gasteiger partial charge in [-0.2, -0.15) is 0 Å². The van der Waals surface area contributed by atoms with E-state index in [0.717, 1.165) is 31.5 Å². The van der Waals surface area contributed by atoms with E-state index in [1.165, 1.54) is 4.90 Å². The standard InChI is InChI=1S/C21H27ClN2O3/c1-14(2)27-12-11-24-20(25)18(16-6-8-17(22)9-7-16)19(21(24)26)23-10-4-5-15(3)13-23/h6-9,14-15H,4-5,10-13H2,1-3H3. The molecule has 1 fully saturated rings. The highest BCUT2D eigenvalue weighted by Crippen LogP contribution is 2.34. The van der Waals surface area contributed by atoms with E-state index in [1.807, 2.05) is 26.0 Å². The second-order valence-corrected chi connectivity index (χ2v) is 8.04. The predicted octanol–water partition coefficient (Wildman–Crippen LogP) is 3.58. The highest BCUT2D eigenvalue weighted by atomic mass is 35.5. The molecular formula is C21H27ClN2O3. The summed E-state index contributed by atoms with van der Waals surface area (Å²) in [5, 5.41) is 0.603. The molecule has 2 heterocycles. The van der Waals surface area contributed by atoms with Gasteiger partial charge in [-0.25, -0.2) is 0 Å². The van der Waals surface area contributed by atoms with Gasteiger partial charge in [0, 0.05) is 18.1 Å². The van der Waals surface area contributed by atoms with Crippen LogP contribution in [0.2, 0.25) is 5.02 Å². The summed E-state index contributed by atoms with van der Waals surface area (Å²) in [5.41, 5.74) is 1.74. The molecular weight excluding hydrogens is 364 g/mol. The number of rotatable bonds is 6. The lowest BCUT2D eigenvalue weighted by Crippen LogP contribution is -2.40. The molecule has 2 aliphatic heterocycles. The zero-order chi connectivity index (χ0) is 19.6. The maximum Gasteiger partial charge on any atom is 0.277 e. The predicted molar refractivity (Wildman–Crippen MR) is 106 cm³/mol. The summed E-state index contributed by atoms with van der Waals surface area (Å²) in [5.74, 6) is 0.0354. The van der Waals surface area contributed by atoms with Crippen molar-refractivity contribution in [2.45, 2.75) is 39.7 Å². The number of halogens is 1. The quantitative estimate of drug-likeness (QED) is 0.696. The average Bonchev–Trinajstić information content (AvgIpc) is 2.87. The first kappa shape index (κ1) is 19.9. The molecule has 0 saturated carbocycles. The first-order valence-corrected chi connectivity index (χ1v) is 9.99. The normalized spacial score (nSPS) is 21.0. The number of carbonyl (C=O) groups is 2. The molecule has 0 radical (unpaired) electrons. The monoisotopic (exact) mass is 390 g/mol. The maximum absolute atomic E-state index is 13.2. The molecule has 2 aliphatic rings. The lowest BCUT2D eigenvalue weighted by atomic mass is 9.98. The topological polar surface area (TPSA) is 49.9 Å². The summed E-state index contributed by atoms with van der Waals surface area (Å²) in [4.78, 5) is 29.7. The highest BCUT2D eigenvalue weighted by molar-refractivity contribution is 6.36. The van der Waals surface area contributed by atoms with Crippen molar-refractivity contribution in [3.8, 4) is 0 Å². The van der Waals surface area contributed by atoms with Crippen LogP contribution in [-0.4, -0.2) is 54.0 Å². The molecule has 0 N–H and O–H groups in total. The Hall–Kier alpha value is -1.85. The van der Waals surface area contributed by atoms with E-state index in [1.54, 1.807) is 12.1 Å². The summed E-state index contributed by atoms with van der Waals surface area (Å²) < 4.78 is 5.56. The molecule has 0 bridgehead atoms. The van der Waals surface area contributed by atoms with Crippen LogP contribution in [0.15, 0.2) is 30.0 Å². The molecule has 1 saturated heterocycles. The highest BCUT2D eigenvalue weighted by Gasteiger charge is 2.42. The van der Waals surface area contributed by atoms with Crippen molar-refractivity contribution < 1.29 is 14.3 Å². The van der Waals surface area contributed by atoms with Crippen molar-refractivity contribution in [2.75, 3.05) is 26.2 Å². The van der Waals surface area contributed by atoms with E-state index in [9.17, 15) is 9.59 Å². The number of benzene rings is 1. The number of imide groups is 1. The molecule has 1 aromatic carbocycles. The minimum atomic E-state index is -0.247. The Labute approximate surface area is 165 Å². The third kappa shape index (κ3) is 4.36. The second-order valence-electron chi connectivity index (χ2n) is 7.61. The van der Waals surface area contributed by atoms with Crippen LogP contribution in [-0.2, 0) is 14.3 Å². The molecule has 0 spiro atoms. The fourth-order valence-corrected chi connectivity index (χ4v) is 3.83. The first-order valence-electron chi connectivity index (χ1n) is 9.61. The molecule has 2 amide bonds. The smallest absolute Gasteiger partial charge is 0.277 e. The molecule has 0 aliphatic carbocycles. The Morgan fingerprint density at radius 2 is 1.89 bits per heavy atom. The summed E-state index contributed by atoms with van der Waals surface area (Å²) >= 11 is 6.01. The van der Waals surface area contributed by atoms with E-state index < -0.39 is 0 Å². The molecule has 27 heavy (non-hydrogen) atoms. The Balaban J connectivity index is 1.94. The molecule has 3 rings (SSSR count). The number of piperidine rings is 1. The minimum absolute atomic E-state index is 0.0592. The van der Waals surface area contributed by atoms with Crippen LogP contribution in [0.1, 0.15) is 39.2 Å². The zero-order valence-electron chi connectivity index (χ0n) is 16.2. The SMILES string of the molecule is CC1CCCN(C2=C(c3ccc(Cl)cc3)C(=O)N(CCOC(C)C)C2=O)C1. The first-order chi connectivity index (χ1) is 12.9. The van der Waals surface area contributed by atoms with Crippen molar-refractivity contribution in [1.29, 1.82) is 0 Å². The van der Waals surface area contributed by atoms with Gasteiger partial charge in [0.15, 0.2) is 0 Å². The second kappa shape index (κ2) is 8.44. The molecule has 6 heteroatoms. The van der Waals surface area contributed by atoms with Gasteiger partial charge in [-0.3, -0.25) is 14.5 Å². The molecule has 1 atom stereocenters. The summed E-state index contributed by atoms with van der Waals surface area (Å²) in [6.45, 7) is 8.25. The molecule has 5 nitrogen and oxygen atoms in total. The van der Waals surface area contributed by atoms with Crippen molar-refractivity contribution in [1.82, 2.24) is 9.80 Å². The van der Waals surface area contributed by atoms with Crippen LogP contribution in [0.25, 0.3) is 5.57 Å². The zero-order valence-corrected chi connectivity index (χ0v) is 17.0. The number of likely N-dealkylation sites (tertiary alicyclic amines) is 1.